The van der Waals surface area contributed by atoms with Gasteiger partial charge in [-0.1, -0.05) is 5.16 Å². The lowest BCUT2D eigenvalue weighted by atomic mass is 10.1. The molecule has 10 heteroatoms. The minimum atomic E-state index is -0.995. The van der Waals surface area contributed by atoms with E-state index in [0.717, 1.165) is 0 Å². The first-order chi connectivity index (χ1) is 14.9. The maximum Gasteiger partial charge on any atom is 0.274 e. The molecule has 0 radical (unpaired) electrons. The van der Waals surface area contributed by atoms with Crippen molar-refractivity contribution in [1.82, 2.24) is 19.5 Å². The Morgan fingerprint density at radius 2 is 2.19 bits per heavy atom. The smallest absolute Gasteiger partial charge is 0.274 e. The Kier molecular flexibility index (Phi) is 4.25. The van der Waals surface area contributed by atoms with Crippen LogP contribution in [0, 0.1) is 24.1 Å². The number of nitrogens with one attached hydrogen (secondary N) is 1. The molecule has 8 nitrogen and oxygen atoms in total. The molecule has 1 saturated carbocycles. The van der Waals surface area contributed by atoms with Crippen molar-refractivity contribution in [1.29, 1.82) is 5.26 Å². The Morgan fingerprint density at radius 1 is 1.39 bits per heavy atom. The molecule has 1 aromatic carbocycles. The van der Waals surface area contributed by atoms with Gasteiger partial charge in [-0.2, -0.15) is 10.2 Å². The summed E-state index contributed by atoms with van der Waals surface area (Å²) in [6, 6.07) is 7.98. The first-order valence-corrected chi connectivity index (χ1v) is 9.41. The highest BCUT2D eigenvalue weighted by molar-refractivity contribution is 6.04. The van der Waals surface area contributed by atoms with E-state index in [1.807, 2.05) is 6.07 Å². The largest absolute Gasteiger partial charge is 0.339 e. The summed E-state index contributed by atoms with van der Waals surface area (Å²) in [5.74, 6) is -1.23. The molecule has 3 aromatic heterocycles. The lowest BCUT2D eigenvalue weighted by Crippen LogP contribution is -2.15. The van der Waals surface area contributed by atoms with Gasteiger partial charge in [0.2, 0.25) is 11.7 Å². The number of alkyl halides is 1. The molecule has 0 spiro atoms. The van der Waals surface area contributed by atoms with Gasteiger partial charge in [0, 0.05) is 23.0 Å². The fraction of sp³-hybridized carbons (Fsp3) is 0.190. The normalized spacial score (nSPS) is 17.5. The number of hydrogen-bond donors (Lipinski definition) is 1. The fourth-order valence-electron chi connectivity index (χ4n) is 3.26. The number of nitriles is 1. The van der Waals surface area contributed by atoms with Crippen LogP contribution < -0.4 is 5.32 Å². The molecular weight excluding hydrogens is 406 g/mol. The Hall–Kier alpha value is -4.13. The van der Waals surface area contributed by atoms with Gasteiger partial charge < -0.3 is 9.84 Å². The number of aromatic nitrogens is 4. The Labute approximate surface area is 174 Å². The van der Waals surface area contributed by atoms with Crippen molar-refractivity contribution < 1.29 is 18.1 Å². The van der Waals surface area contributed by atoms with Crippen LogP contribution >= 0.6 is 0 Å². The molecule has 0 bridgehead atoms. The molecule has 5 rings (SSSR count). The summed E-state index contributed by atoms with van der Waals surface area (Å²) in [5, 5.41) is 15.6. The molecule has 1 N–H and O–H groups in total. The summed E-state index contributed by atoms with van der Waals surface area (Å²) in [5.41, 5.74) is 1.76. The third-order valence-corrected chi connectivity index (χ3v) is 5.19. The predicted octanol–water partition coefficient (Wildman–Crippen LogP) is 3.78. The number of carbonyl (C=O) groups is 1. The van der Waals surface area contributed by atoms with Crippen LogP contribution in [0.5, 0.6) is 0 Å². The van der Waals surface area contributed by atoms with E-state index < -0.39 is 23.8 Å². The first kappa shape index (κ1) is 18.9. The number of fused-ring (bicyclic) bond motifs is 1. The standard InChI is InChI=1S/C21H14F2N6O2/c1-10-14(22)4-12(19-27-21(31-28-19)13-6-15(13)23)5-16(10)26-20(30)17-8-25-18-3-2-11(7-24)9-29(17)18/h2-5,8-9,13,15H,6H2,1H3,(H,26,30)/t13-,15-/m0/s1. The van der Waals surface area contributed by atoms with E-state index in [1.54, 1.807) is 12.1 Å². The summed E-state index contributed by atoms with van der Waals surface area (Å²) in [4.78, 5) is 21.2. The van der Waals surface area contributed by atoms with Gasteiger partial charge in [0.25, 0.3) is 5.91 Å². The van der Waals surface area contributed by atoms with Crippen molar-refractivity contribution in [3.63, 3.8) is 0 Å². The van der Waals surface area contributed by atoms with Crippen LogP contribution in [0.3, 0.4) is 0 Å². The highest BCUT2D eigenvalue weighted by Gasteiger charge is 2.43. The monoisotopic (exact) mass is 420 g/mol. The van der Waals surface area contributed by atoms with E-state index in [9.17, 15) is 13.6 Å². The van der Waals surface area contributed by atoms with Crippen molar-refractivity contribution in [2.24, 2.45) is 0 Å². The Morgan fingerprint density at radius 3 is 2.94 bits per heavy atom. The van der Waals surface area contributed by atoms with Gasteiger partial charge in [-0.15, -0.1) is 0 Å². The zero-order valence-corrected chi connectivity index (χ0v) is 16.1. The van der Waals surface area contributed by atoms with Gasteiger partial charge in [-0.05, 0) is 37.6 Å². The molecule has 3 heterocycles. The minimum Gasteiger partial charge on any atom is -0.339 e. The van der Waals surface area contributed by atoms with Crippen LogP contribution in [0.25, 0.3) is 17.0 Å². The average Bonchev–Trinajstić information content (AvgIpc) is 3.17. The van der Waals surface area contributed by atoms with Crippen molar-refractivity contribution in [3.8, 4) is 17.5 Å². The fourth-order valence-corrected chi connectivity index (χ4v) is 3.26. The van der Waals surface area contributed by atoms with E-state index in [-0.39, 0.29) is 34.2 Å². The summed E-state index contributed by atoms with van der Waals surface area (Å²) in [7, 11) is 0. The van der Waals surface area contributed by atoms with Gasteiger partial charge in [0.1, 0.15) is 29.4 Å². The van der Waals surface area contributed by atoms with Crippen LogP contribution in [0.4, 0.5) is 14.5 Å². The van der Waals surface area contributed by atoms with Crippen LogP contribution in [-0.2, 0) is 0 Å². The van der Waals surface area contributed by atoms with E-state index in [2.05, 4.69) is 20.4 Å². The van der Waals surface area contributed by atoms with E-state index in [0.29, 0.717) is 17.6 Å². The van der Waals surface area contributed by atoms with E-state index >= 15 is 0 Å². The van der Waals surface area contributed by atoms with Crippen molar-refractivity contribution in [2.45, 2.75) is 25.4 Å². The number of hydrogen-bond acceptors (Lipinski definition) is 6. The van der Waals surface area contributed by atoms with Crippen LogP contribution in [0.15, 0.2) is 41.2 Å². The lowest BCUT2D eigenvalue weighted by molar-refractivity contribution is 0.102. The van der Waals surface area contributed by atoms with Crippen molar-refractivity contribution in [2.75, 3.05) is 5.32 Å². The molecule has 1 amide bonds. The molecule has 0 aliphatic heterocycles. The third kappa shape index (κ3) is 3.30. The molecular formula is C21H14F2N6O2. The average molecular weight is 420 g/mol. The molecule has 1 aliphatic carbocycles. The summed E-state index contributed by atoms with van der Waals surface area (Å²) < 4.78 is 34.4. The van der Waals surface area contributed by atoms with Crippen molar-refractivity contribution in [3.05, 3.63) is 65.2 Å². The number of anilines is 1. The van der Waals surface area contributed by atoms with Crippen molar-refractivity contribution >= 4 is 17.2 Å². The predicted molar refractivity (Wildman–Crippen MR) is 105 cm³/mol. The van der Waals surface area contributed by atoms with Gasteiger partial charge in [-0.3, -0.25) is 9.20 Å². The number of pyridine rings is 1. The number of amides is 1. The summed E-state index contributed by atoms with van der Waals surface area (Å²) in [6.07, 6.45) is 2.20. The molecule has 1 aliphatic rings. The second-order valence-electron chi connectivity index (χ2n) is 7.30. The van der Waals surface area contributed by atoms with Gasteiger partial charge in [0.05, 0.1) is 17.7 Å². The molecule has 31 heavy (non-hydrogen) atoms. The zero-order chi connectivity index (χ0) is 21.7. The van der Waals surface area contributed by atoms with Crippen LogP contribution in [0.1, 0.15) is 39.8 Å². The SMILES string of the molecule is Cc1c(F)cc(-c2noc([C@H]3C[C@@H]3F)n2)cc1NC(=O)c1cnc2ccc(C#N)cn12. The second-order valence-corrected chi connectivity index (χ2v) is 7.30. The molecule has 4 aromatic rings. The summed E-state index contributed by atoms with van der Waals surface area (Å²) >= 11 is 0. The number of rotatable bonds is 4. The van der Waals surface area contributed by atoms with E-state index in [4.69, 9.17) is 9.78 Å². The van der Waals surface area contributed by atoms with Crippen LogP contribution in [-0.4, -0.2) is 31.6 Å². The topological polar surface area (TPSA) is 109 Å². The molecule has 0 unspecified atom stereocenters. The van der Waals surface area contributed by atoms with Gasteiger partial charge >= 0.3 is 0 Å². The molecule has 0 saturated heterocycles. The van der Waals surface area contributed by atoms with Crippen LogP contribution in [0.2, 0.25) is 0 Å². The number of imidazole rings is 1. The first-order valence-electron chi connectivity index (χ1n) is 9.41. The number of halogens is 2. The lowest BCUT2D eigenvalue weighted by Gasteiger charge is -2.10. The molecule has 1 fully saturated rings. The highest BCUT2D eigenvalue weighted by Crippen LogP contribution is 2.43. The van der Waals surface area contributed by atoms with Gasteiger partial charge in [-0.25, -0.2) is 13.8 Å². The third-order valence-electron chi connectivity index (χ3n) is 5.19. The molecule has 154 valence electrons. The van der Waals surface area contributed by atoms with E-state index in [1.165, 1.54) is 35.9 Å². The molecule has 2 atom stereocenters. The number of carbonyl (C=O) groups excluding carboxylic acids is 1. The Balaban J connectivity index is 1.47. The summed E-state index contributed by atoms with van der Waals surface area (Å²) in [6.45, 7) is 1.52. The maximum atomic E-state index is 14.6. The number of benzene rings is 1. The number of nitrogens with zero attached hydrogens (tertiary/aromatic N) is 5. The van der Waals surface area contributed by atoms with Gasteiger partial charge in [0.15, 0.2) is 0 Å². The maximum absolute atomic E-state index is 14.6. The zero-order valence-electron chi connectivity index (χ0n) is 16.1. The highest BCUT2D eigenvalue weighted by atomic mass is 19.1. The second kappa shape index (κ2) is 6.98. The minimum absolute atomic E-state index is 0.108. The quantitative estimate of drug-likeness (QED) is 0.538. The Bertz CT molecular complexity index is 1390.